The Bertz CT molecular complexity index is 356. The number of hydrogen-bond donors (Lipinski definition) is 1. The Morgan fingerprint density at radius 3 is 2.74 bits per heavy atom. The molecule has 0 aliphatic heterocycles. The minimum absolute atomic E-state index is 0.241. The Kier molecular flexibility index (Phi) is 7.45. The van der Waals surface area contributed by atoms with E-state index in [2.05, 4.69) is 38.0 Å². The van der Waals surface area contributed by atoms with Gasteiger partial charge in [0.15, 0.2) is 0 Å². The second-order valence-electron chi connectivity index (χ2n) is 4.99. The second kappa shape index (κ2) is 8.88. The SMILES string of the molecule is CCNC(C)c1cccnc1OCCOCC(C)C. The zero-order chi connectivity index (χ0) is 14.1. The molecule has 0 fully saturated rings. The topological polar surface area (TPSA) is 43.4 Å². The molecule has 0 bridgehead atoms. The fourth-order valence-electron chi connectivity index (χ4n) is 1.79. The van der Waals surface area contributed by atoms with Gasteiger partial charge in [-0.2, -0.15) is 0 Å². The van der Waals surface area contributed by atoms with Gasteiger partial charge < -0.3 is 14.8 Å². The summed E-state index contributed by atoms with van der Waals surface area (Å²) < 4.78 is 11.2. The standard InChI is InChI=1S/C15H26N2O2/c1-5-16-13(4)14-7-6-8-17-15(14)19-10-9-18-11-12(2)3/h6-8,12-13,16H,5,9-11H2,1-4H3. The molecule has 0 aromatic carbocycles. The summed E-state index contributed by atoms with van der Waals surface area (Å²) in [5.74, 6) is 1.25. The van der Waals surface area contributed by atoms with Gasteiger partial charge in [0.25, 0.3) is 0 Å². The van der Waals surface area contributed by atoms with Gasteiger partial charge in [0.1, 0.15) is 6.61 Å². The molecule has 1 rings (SSSR count). The van der Waals surface area contributed by atoms with Crippen molar-refractivity contribution in [2.45, 2.75) is 33.7 Å². The first-order valence-corrected chi connectivity index (χ1v) is 7.04. The van der Waals surface area contributed by atoms with Crippen LogP contribution < -0.4 is 10.1 Å². The first-order chi connectivity index (χ1) is 9.15. The Balaban J connectivity index is 2.44. The number of nitrogens with one attached hydrogen (secondary N) is 1. The monoisotopic (exact) mass is 266 g/mol. The Hall–Kier alpha value is -1.13. The van der Waals surface area contributed by atoms with Crippen molar-refractivity contribution in [1.82, 2.24) is 10.3 Å². The summed E-state index contributed by atoms with van der Waals surface area (Å²) in [6.45, 7) is 11.3. The molecule has 1 aromatic rings. The molecule has 0 saturated heterocycles. The fraction of sp³-hybridized carbons (Fsp3) is 0.667. The summed E-state index contributed by atoms with van der Waals surface area (Å²) in [7, 11) is 0. The van der Waals surface area contributed by atoms with E-state index < -0.39 is 0 Å². The first-order valence-electron chi connectivity index (χ1n) is 7.04. The van der Waals surface area contributed by atoms with Crippen molar-refractivity contribution in [3.8, 4) is 5.88 Å². The van der Waals surface area contributed by atoms with E-state index in [1.165, 1.54) is 0 Å². The quantitative estimate of drug-likeness (QED) is 0.698. The molecule has 0 amide bonds. The molecule has 1 aromatic heterocycles. The lowest BCUT2D eigenvalue weighted by Crippen LogP contribution is -2.19. The zero-order valence-electron chi connectivity index (χ0n) is 12.5. The third-order valence-electron chi connectivity index (χ3n) is 2.70. The summed E-state index contributed by atoms with van der Waals surface area (Å²) in [6, 6.07) is 4.22. The highest BCUT2D eigenvalue weighted by atomic mass is 16.5. The number of hydrogen-bond acceptors (Lipinski definition) is 4. The van der Waals surface area contributed by atoms with Crippen molar-refractivity contribution in [1.29, 1.82) is 0 Å². The van der Waals surface area contributed by atoms with Crippen LogP contribution >= 0.6 is 0 Å². The van der Waals surface area contributed by atoms with Crippen molar-refractivity contribution in [3.63, 3.8) is 0 Å². The molecule has 108 valence electrons. The molecule has 1 atom stereocenters. The van der Waals surface area contributed by atoms with Crippen LogP contribution in [-0.2, 0) is 4.74 Å². The Morgan fingerprint density at radius 2 is 2.05 bits per heavy atom. The predicted octanol–water partition coefficient (Wildman–Crippen LogP) is 2.80. The minimum atomic E-state index is 0.241. The summed E-state index contributed by atoms with van der Waals surface area (Å²) in [6.07, 6.45) is 1.76. The van der Waals surface area contributed by atoms with Gasteiger partial charge in [0.05, 0.1) is 6.61 Å². The van der Waals surface area contributed by atoms with Gasteiger partial charge in [-0.25, -0.2) is 4.98 Å². The van der Waals surface area contributed by atoms with Crippen LogP contribution in [-0.4, -0.2) is 31.3 Å². The highest BCUT2D eigenvalue weighted by molar-refractivity contribution is 5.28. The molecule has 4 nitrogen and oxygen atoms in total. The molecule has 4 heteroatoms. The molecule has 1 heterocycles. The van der Waals surface area contributed by atoms with Gasteiger partial charge >= 0.3 is 0 Å². The third kappa shape index (κ3) is 6.03. The van der Waals surface area contributed by atoms with E-state index in [1.54, 1.807) is 6.20 Å². The van der Waals surface area contributed by atoms with Gasteiger partial charge in [-0.1, -0.05) is 26.8 Å². The molecule has 0 aliphatic rings. The molecule has 1 N–H and O–H groups in total. The van der Waals surface area contributed by atoms with Crippen molar-refractivity contribution >= 4 is 0 Å². The number of pyridine rings is 1. The van der Waals surface area contributed by atoms with E-state index in [-0.39, 0.29) is 6.04 Å². The maximum absolute atomic E-state index is 5.71. The van der Waals surface area contributed by atoms with Gasteiger partial charge in [0.2, 0.25) is 5.88 Å². The van der Waals surface area contributed by atoms with E-state index in [0.29, 0.717) is 25.0 Å². The van der Waals surface area contributed by atoms with Crippen LogP contribution in [0.5, 0.6) is 5.88 Å². The number of rotatable bonds is 9. The van der Waals surface area contributed by atoms with Crippen LogP contribution in [0.2, 0.25) is 0 Å². The van der Waals surface area contributed by atoms with Gasteiger partial charge in [0, 0.05) is 24.4 Å². The molecule has 0 aliphatic carbocycles. The maximum atomic E-state index is 5.71. The third-order valence-corrected chi connectivity index (χ3v) is 2.70. The van der Waals surface area contributed by atoms with Crippen LogP contribution in [0.15, 0.2) is 18.3 Å². The average molecular weight is 266 g/mol. The number of nitrogens with zero attached hydrogens (tertiary/aromatic N) is 1. The highest BCUT2D eigenvalue weighted by Gasteiger charge is 2.11. The van der Waals surface area contributed by atoms with E-state index in [0.717, 1.165) is 18.7 Å². The lowest BCUT2D eigenvalue weighted by atomic mass is 10.1. The van der Waals surface area contributed by atoms with Crippen molar-refractivity contribution < 1.29 is 9.47 Å². The van der Waals surface area contributed by atoms with Crippen LogP contribution in [0.3, 0.4) is 0 Å². The molecule has 0 saturated carbocycles. The first kappa shape index (κ1) is 15.9. The molecular formula is C15H26N2O2. The van der Waals surface area contributed by atoms with Crippen molar-refractivity contribution in [2.75, 3.05) is 26.4 Å². The predicted molar refractivity (Wildman–Crippen MR) is 77.5 cm³/mol. The molecular weight excluding hydrogens is 240 g/mol. The lowest BCUT2D eigenvalue weighted by Gasteiger charge is -2.16. The van der Waals surface area contributed by atoms with Crippen LogP contribution in [0.4, 0.5) is 0 Å². The largest absolute Gasteiger partial charge is 0.475 e. The normalized spacial score (nSPS) is 12.7. The lowest BCUT2D eigenvalue weighted by molar-refractivity contribution is 0.0801. The Morgan fingerprint density at radius 1 is 1.26 bits per heavy atom. The Labute approximate surface area is 116 Å². The summed E-state index contributed by atoms with van der Waals surface area (Å²) in [4.78, 5) is 4.30. The van der Waals surface area contributed by atoms with Gasteiger partial charge in [-0.05, 0) is 25.5 Å². The van der Waals surface area contributed by atoms with Crippen molar-refractivity contribution in [2.24, 2.45) is 5.92 Å². The van der Waals surface area contributed by atoms with Crippen LogP contribution in [0, 0.1) is 5.92 Å². The van der Waals surface area contributed by atoms with Crippen LogP contribution in [0.25, 0.3) is 0 Å². The van der Waals surface area contributed by atoms with E-state index >= 15 is 0 Å². The zero-order valence-corrected chi connectivity index (χ0v) is 12.5. The maximum Gasteiger partial charge on any atom is 0.218 e. The smallest absolute Gasteiger partial charge is 0.218 e. The number of ether oxygens (including phenoxy) is 2. The van der Waals surface area contributed by atoms with E-state index in [9.17, 15) is 0 Å². The summed E-state index contributed by atoms with van der Waals surface area (Å²) in [5.41, 5.74) is 1.09. The second-order valence-corrected chi connectivity index (χ2v) is 4.99. The fourth-order valence-corrected chi connectivity index (χ4v) is 1.79. The highest BCUT2D eigenvalue weighted by Crippen LogP contribution is 2.21. The molecule has 0 radical (unpaired) electrons. The summed E-state index contributed by atoms with van der Waals surface area (Å²) in [5, 5.41) is 3.37. The minimum Gasteiger partial charge on any atom is -0.475 e. The average Bonchev–Trinajstić information content (AvgIpc) is 2.38. The van der Waals surface area contributed by atoms with Crippen LogP contribution in [0.1, 0.15) is 39.3 Å². The molecule has 1 unspecified atom stereocenters. The molecule has 19 heavy (non-hydrogen) atoms. The van der Waals surface area contributed by atoms with E-state index in [4.69, 9.17) is 9.47 Å². The van der Waals surface area contributed by atoms with E-state index in [1.807, 2.05) is 12.1 Å². The number of aromatic nitrogens is 1. The van der Waals surface area contributed by atoms with Gasteiger partial charge in [-0.15, -0.1) is 0 Å². The summed E-state index contributed by atoms with van der Waals surface area (Å²) >= 11 is 0. The molecule has 0 spiro atoms. The van der Waals surface area contributed by atoms with Crippen molar-refractivity contribution in [3.05, 3.63) is 23.9 Å². The van der Waals surface area contributed by atoms with Gasteiger partial charge in [-0.3, -0.25) is 0 Å².